The zero-order chi connectivity index (χ0) is 19.3. The lowest BCUT2D eigenvalue weighted by Crippen LogP contribution is -2.13. The Kier molecular flexibility index (Phi) is 5.86. The maximum atomic E-state index is 13.0. The second kappa shape index (κ2) is 8.31. The molecule has 0 radical (unpaired) electrons. The van der Waals surface area contributed by atoms with Crippen LogP contribution in [0.2, 0.25) is 0 Å². The van der Waals surface area contributed by atoms with Gasteiger partial charge in [0.2, 0.25) is 0 Å². The highest BCUT2D eigenvalue weighted by molar-refractivity contribution is 7.93. The number of sulfonamides is 1. The number of anilines is 1. The van der Waals surface area contributed by atoms with Gasteiger partial charge in [-0.05, 0) is 49.7 Å². The molecule has 0 unspecified atom stereocenters. The van der Waals surface area contributed by atoms with Gasteiger partial charge in [0.1, 0.15) is 11.5 Å². The van der Waals surface area contributed by atoms with E-state index in [4.69, 9.17) is 9.47 Å². The first-order chi connectivity index (χ1) is 13.0. The molecule has 1 N–H and O–H groups in total. The minimum Gasteiger partial charge on any atom is -0.494 e. The lowest BCUT2D eigenvalue weighted by molar-refractivity contribution is 0.321. The van der Waals surface area contributed by atoms with Crippen molar-refractivity contribution in [2.45, 2.75) is 25.2 Å². The number of hydrogen-bond acceptors (Lipinski definition) is 4. The smallest absolute Gasteiger partial charge is 0.262 e. The Labute approximate surface area is 160 Å². The first kappa shape index (κ1) is 19.0. The number of hydrogen-bond donors (Lipinski definition) is 1. The minimum absolute atomic E-state index is 0.218. The number of rotatable bonds is 8. The molecule has 3 aromatic carbocycles. The van der Waals surface area contributed by atoms with Crippen LogP contribution in [0.15, 0.2) is 65.6 Å². The van der Waals surface area contributed by atoms with Gasteiger partial charge in [0, 0.05) is 16.5 Å². The zero-order valence-corrected chi connectivity index (χ0v) is 16.3. The van der Waals surface area contributed by atoms with E-state index in [0.717, 1.165) is 11.8 Å². The zero-order valence-electron chi connectivity index (χ0n) is 15.4. The van der Waals surface area contributed by atoms with Gasteiger partial charge < -0.3 is 9.47 Å². The Morgan fingerprint density at radius 1 is 0.852 bits per heavy atom. The maximum absolute atomic E-state index is 13.0. The molecule has 5 nitrogen and oxygen atoms in total. The Morgan fingerprint density at radius 2 is 1.56 bits per heavy atom. The first-order valence-electron chi connectivity index (χ1n) is 8.95. The van der Waals surface area contributed by atoms with E-state index < -0.39 is 10.0 Å². The molecular weight excluding hydrogens is 362 g/mol. The predicted molar refractivity (Wildman–Crippen MR) is 108 cm³/mol. The van der Waals surface area contributed by atoms with Crippen LogP contribution in [0.5, 0.6) is 11.5 Å². The fourth-order valence-corrected chi connectivity index (χ4v) is 4.08. The monoisotopic (exact) mass is 385 g/mol. The molecule has 0 atom stereocenters. The van der Waals surface area contributed by atoms with E-state index in [-0.39, 0.29) is 4.90 Å². The summed E-state index contributed by atoms with van der Waals surface area (Å²) < 4.78 is 39.7. The molecule has 27 heavy (non-hydrogen) atoms. The summed E-state index contributed by atoms with van der Waals surface area (Å²) in [6.45, 7) is 5.07. The number of ether oxygens (including phenoxy) is 2. The highest BCUT2D eigenvalue weighted by Crippen LogP contribution is 2.32. The van der Waals surface area contributed by atoms with Crippen molar-refractivity contribution < 1.29 is 17.9 Å². The van der Waals surface area contributed by atoms with E-state index in [9.17, 15) is 8.42 Å². The standard InChI is InChI=1S/C21H23NO4S/c1-3-15-26-20-13-14-21(19-8-6-5-7-18(19)20)27(23,24)22-16-9-11-17(12-10-16)25-4-2/h5-14,22H,3-4,15H2,1-2H3. The topological polar surface area (TPSA) is 64.6 Å². The Morgan fingerprint density at radius 3 is 2.22 bits per heavy atom. The lowest BCUT2D eigenvalue weighted by atomic mass is 10.1. The molecule has 0 aliphatic rings. The molecule has 142 valence electrons. The molecule has 0 saturated carbocycles. The average Bonchev–Trinajstić information content (AvgIpc) is 2.67. The van der Waals surface area contributed by atoms with Crippen molar-refractivity contribution in [2.24, 2.45) is 0 Å². The summed E-state index contributed by atoms with van der Waals surface area (Å²) in [7, 11) is -3.75. The summed E-state index contributed by atoms with van der Waals surface area (Å²) in [5, 5.41) is 1.41. The summed E-state index contributed by atoms with van der Waals surface area (Å²) in [4.78, 5) is 0.218. The average molecular weight is 385 g/mol. The van der Waals surface area contributed by atoms with Gasteiger partial charge in [-0.15, -0.1) is 0 Å². The summed E-state index contributed by atoms with van der Waals surface area (Å²) in [6, 6.07) is 17.5. The van der Waals surface area contributed by atoms with E-state index in [1.165, 1.54) is 0 Å². The Hall–Kier alpha value is -2.73. The van der Waals surface area contributed by atoms with Crippen LogP contribution in [0.25, 0.3) is 10.8 Å². The molecule has 6 heteroatoms. The van der Waals surface area contributed by atoms with Crippen molar-refractivity contribution in [1.29, 1.82) is 0 Å². The molecule has 0 aliphatic carbocycles. The third-order valence-electron chi connectivity index (χ3n) is 4.01. The molecule has 0 saturated heterocycles. The van der Waals surface area contributed by atoms with E-state index in [2.05, 4.69) is 4.72 Å². The third-order valence-corrected chi connectivity index (χ3v) is 5.45. The largest absolute Gasteiger partial charge is 0.494 e. The highest BCUT2D eigenvalue weighted by atomic mass is 32.2. The van der Waals surface area contributed by atoms with Gasteiger partial charge in [-0.2, -0.15) is 0 Å². The SMILES string of the molecule is CCCOc1ccc(S(=O)(=O)Nc2ccc(OCC)cc2)c2ccccc12. The Balaban J connectivity index is 1.95. The van der Waals surface area contributed by atoms with Crippen molar-refractivity contribution >= 4 is 26.5 Å². The van der Waals surface area contributed by atoms with Crippen LogP contribution >= 0.6 is 0 Å². The molecule has 0 spiro atoms. The highest BCUT2D eigenvalue weighted by Gasteiger charge is 2.19. The summed E-state index contributed by atoms with van der Waals surface area (Å²) in [6.07, 6.45) is 0.883. The molecule has 0 fully saturated rings. The van der Waals surface area contributed by atoms with Gasteiger partial charge in [-0.25, -0.2) is 8.42 Å². The normalized spacial score (nSPS) is 11.3. The molecule has 0 aliphatic heterocycles. The molecule has 0 heterocycles. The molecule has 0 amide bonds. The minimum atomic E-state index is -3.75. The first-order valence-corrected chi connectivity index (χ1v) is 10.4. The van der Waals surface area contributed by atoms with Crippen molar-refractivity contribution in [1.82, 2.24) is 0 Å². The third kappa shape index (κ3) is 4.34. The summed E-state index contributed by atoms with van der Waals surface area (Å²) in [5.74, 6) is 1.38. The van der Waals surface area contributed by atoms with Crippen molar-refractivity contribution in [3.63, 3.8) is 0 Å². The van der Waals surface area contributed by atoms with Gasteiger partial charge >= 0.3 is 0 Å². The van der Waals surface area contributed by atoms with E-state index in [1.54, 1.807) is 42.5 Å². The van der Waals surface area contributed by atoms with Crippen LogP contribution in [0.3, 0.4) is 0 Å². The lowest BCUT2D eigenvalue weighted by Gasteiger charge is -2.14. The quantitative estimate of drug-likeness (QED) is 0.603. The summed E-state index contributed by atoms with van der Waals surface area (Å²) in [5.41, 5.74) is 0.480. The molecule has 0 aromatic heterocycles. The fourth-order valence-electron chi connectivity index (χ4n) is 2.81. The van der Waals surface area contributed by atoms with Crippen molar-refractivity contribution in [3.05, 3.63) is 60.7 Å². The second-order valence-corrected chi connectivity index (χ2v) is 7.67. The molecule has 3 rings (SSSR count). The molecule has 0 bridgehead atoms. The van der Waals surface area contributed by atoms with Crippen LogP contribution in [-0.4, -0.2) is 21.6 Å². The van der Waals surface area contributed by atoms with Gasteiger partial charge in [0.05, 0.1) is 18.1 Å². The van der Waals surface area contributed by atoms with Crippen LogP contribution < -0.4 is 14.2 Å². The van der Waals surface area contributed by atoms with Crippen molar-refractivity contribution in [2.75, 3.05) is 17.9 Å². The predicted octanol–water partition coefficient (Wildman–Crippen LogP) is 4.83. The van der Waals surface area contributed by atoms with E-state index in [1.807, 2.05) is 32.0 Å². The number of nitrogens with one attached hydrogen (secondary N) is 1. The molecule has 3 aromatic rings. The molecular formula is C21H23NO4S. The van der Waals surface area contributed by atoms with E-state index >= 15 is 0 Å². The van der Waals surface area contributed by atoms with Crippen LogP contribution in [0, 0.1) is 0 Å². The van der Waals surface area contributed by atoms with Gasteiger partial charge in [0.25, 0.3) is 10.0 Å². The maximum Gasteiger partial charge on any atom is 0.262 e. The second-order valence-electron chi connectivity index (χ2n) is 6.02. The Bertz CT molecular complexity index is 1010. The number of fused-ring (bicyclic) bond motifs is 1. The van der Waals surface area contributed by atoms with Crippen molar-refractivity contribution in [3.8, 4) is 11.5 Å². The van der Waals surface area contributed by atoms with Crippen LogP contribution in [-0.2, 0) is 10.0 Å². The van der Waals surface area contributed by atoms with E-state index in [0.29, 0.717) is 35.8 Å². The van der Waals surface area contributed by atoms with Gasteiger partial charge in [-0.3, -0.25) is 4.72 Å². The number of benzene rings is 3. The van der Waals surface area contributed by atoms with Crippen LogP contribution in [0.4, 0.5) is 5.69 Å². The van der Waals surface area contributed by atoms with Crippen LogP contribution in [0.1, 0.15) is 20.3 Å². The van der Waals surface area contributed by atoms with Gasteiger partial charge in [-0.1, -0.05) is 31.2 Å². The van der Waals surface area contributed by atoms with Gasteiger partial charge in [0.15, 0.2) is 0 Å². The fraction of sp³-hybridized carbons (Fsp3) is 0.238. The summed E-state index contributed by atoms with van der Waals surface area (Å²) >= 11 is 0.